The molecule has 3 fully saturated rings. The van der Waals surface area contributed by atoms with Crippen molar-refractivity contribution in [1.82, 2.24) is 29.9 Å². The molecule has 9 aromatic rings. The van der Waals surface area contributed by atoms with Gasteiger partial charge in [0.1, 0.15) is 23.1 Å². The zero-order valence-electron chi connectivity index (χ0n) is 47.9. The molecule has 438 valence electrons. The minimum absolute atomic E-state index is 0.167. The van der Waals surface area contributed by atoms with Gasteiger partial charge in [-0.05, 0) is 115 Å². The Kier molecular flexibility index (Phi) is 15.9. The van der Waals surface area contributed by atoms with Crippen molar-refractivity contribution < 1.29 is 47.5 Å². The number of rotatable bonds is 19. The van der Waals surface area contributed by atoms with Gasteiger partial charge in [0.15, 0.2) is 34.5 Å². The molecule has 0 amide bonds. The molecule has 3 aromatic heterocycles. The molecule has 3 aliphatic heterocycles. The third-order valence-corrected chi connectivity index (χ3v) is 17.3. The van der Waals surface area contributed by atoms with E-state index in [0.29, 0.717) is 53.6 Å². The van der Waals surface area contributed by atoms with E-state index in [0.717, 1.165) is 118 Å². The van der Waals surface area contributed by atoms with Gasteiger partial charge in [-0.15, -0.1) is 0 Å². The molecule has 17 heteroatoms. The summed E-state index contributed by atoms with van der Waals surface area (Å²) in [7, 11) is 1.66. The number of methoxy groups -OCH3 is 1. The van der Waals surface area contributed by atoms with Gasteiger partial charge in [-0.1, -0.05) is 96.5 Å². The zero-order chi connectivity index (χ0) is 59.4. The largest absolute Gasteiger partial charge is 0.496 e. The van der Waals surface area contributed by atoms with Crippen LogP contribution in [0.5, 0.6) is 40.2 Å². The van der Waals surface area contributed by atoms with Crippen LogP contribution in [0.2, 0.25) is 5.02 Å². The molecular formula is C70H61ClN6O10. The molecule has 3 aliphatic carbocycles. The molecule has 0 saturated heterocycles. The molecule has 0 spiro atoms. The molecule has 0 bridgehead atoms. The highest BCUT2D eigenvalue weighted by molar-refractivity contribution is 6.31. The lowest BCUT2D eigenvalue weighted by atomic mass is 9.88. The minimum Gasteiger partial charge on any atom is -0.496 e. The highest BCUT2D eigenvalue weighted by atomic mass is 35.5. The average Bonchev–Trinajstić information content (AvgIpc) is 1.69. The predicted octanol–water partition coefficient (Wildman–Crippen LogP) is 11.6. The van der Waals surface area contributed by atoms with E-state index in [1.165, 1.54) is 5.56 Å². The number of fused-ring (bicyclic) bond motifs is 3. The van der Waals surface area contributed by atoms with Gasteiger partial charge < -0.3 is 33.2 Å². The lowest BCUT2D eigenvalue weighted by molar-refractivity contribution is -0.121. The normalized spacial score (nSPS) is 15.8. The van der Waals surface area contributed by atoms with E-state index in [1.807, 2.05) is 121 Å². The van der Waals surface area contributed by atoms with Crippen molar-refractivity contribution in [2.45, 2.75) is 93.3 Å². The number of benzene rings is 6. The maximum atomic E-state index is 13.2. The number of ether oxygens (including phenoxy) is 7. The van der Waals surface area contributed by atoms with Crippen LogP contribution in [0.15, 0.2) is 171 Å². The highest BCUT2D eigenvalue weighted by Crippen LogP contribution is 2.54. The van der Waals surface area contributed by atoms with Gasteiger partial charge in [-0.2, -0.15) is 0 Å². The Bertz CT molecular complexity index is 4060. The van der Waals surface area contributed by atoms with Crippen LogP contribution in [0.25, 0.3) is 0 Å². The first-order valence-corrected chi connectivity index (χ1v) is 29.5. The standard InChI is InChI=1S/C24H22N2O4.C23H19ClN2O3.C23H20N2O3/c1-28-20-5-3-2-4-16(20)10-18-13-25-14-19(26-18)12-23(27)24(8-9-24)17-6-7-21-22(11-17)30-15-29-21;24-19-4-2-1-3-15(19)9-17-12-25-13-18(26-17)11-22(27)23(7-8-23)16-5-6-20-21(10-16)29-14-28-20;26-22(23(8-9-23)17-6-7-20-21(11-17)28-15-27-20)12-19-14-24-13-18(25-19)10-16-4-2-1-3-5-16/h2-7,11,13-14H,8-10,12,15H2,1H3;1-6,10,12-13H,7-9,11,14H2;1-7,11,13-14H,8-10,12,15H2. The molecule has 87 heavy (non-hydrogen) atoms. The first-order chi connectivity index (χ1) is 42.5. The number of halogens is 1. The summed E-state index contributed by atoms with van der Waals surface area (Å²) in [6.45, 7) is 0.700. The first-order valence-electron chi connectivity index (χ1n) is 29.1. The van der Waals surface area contributed by atoms with E-state index in [-0.39, 0.29) is 50.6 Å². The third-order valence-electron chi connectivity index (χ3n) is 17.0. The molecule has 16 nitrogen and oxygen atoms in total. The molecular weight excluding hydrogens is 1120 g/mol. The van der Waals surface area contributed by atoms with Gasteiger partial charge in [-0.3, -0.25) is 44.3 Å². The van der Waals surface area contributed by atoms with Gasteiger partial charge in [0, 0.05) is 67.0 Å². The summed E-state index contributed by atoms with van der Waals surface area (Å²) in [5.74, 6) is 5.71. The second-order valence-corrected chi connectivity index (χ2v) is 23.1. The van der Waals surface area contributed by atoms with Crippen molar-refractivity contribution >= 4 is 29.0 Å². The number of carbonyl (C=O) groups excluding carboxylic acids is 3. The summed E-state index contributed by atoms with van der Waals surface area (Å²) in [5, 5.41) is 0.704. The number of ketones is 3. The molecule has 0 radical (unpaired) electrons. The molecule has 15 rings (SSSR count). The van der Waals surface area contributed by atoms with Crippen LogP contribution in [0.4, 0.5) is 0 Å². The number of Topliss-reactive ketones (excluding diaryl/α,β-unsaturated/α-hetero) is 3. The van der Waals surface area contributed by atoms with E-state index in [2.05, 4.69) is 37.1 Å². The van der Waals surface area contributed by atoms with Crippen molar-refractivity contribution in [1.29, 1.82) is 0 Å². The molecule has 0 N–H and O–H groups in total. The Morgan fingerprint density at radius 3 is 1.18 bits per heavy atom. The van der Waals surface area contributed by atoms with Crippen molar-refractivity contribution in [3.8, 4) is 40.2 Å². The second-order valence-electron chi connectivity index (χ2n) is 22.7. The zero-order valence-corrected chi connectivity index (χ0v) is 48.7. The van der Waals surface area contributed by atoms with Crippen LogP contribution in [-0.2, 0) is 69.2 Å². The third kappa shape index (κ3) is 12.5. The lowest BCUT2D eigenvalue weighted by Crippen LogP contribution is -2.23. The molecule has 6 aromatic carbocycles. The molecule has 0 unspecified atom stereocenters. The van der Waals surface area contributed by atoms with Crippen LogP contribution in [0.3, 0.4) is 0 Å². The van der Waals surface area contributed by atoms with Crippen LogP contribution in [0.1, 0.15) is 106 Å². The SMILES string of the molecule is COc1ccccc1Cc1cncc(CC(=O)C2(c3ccc4c(c3)OCO4)CC2)n1.O=C(Cc1cncc(Cc2ccccc2)n1)C1(c2ccc3c(c2)OCO3)CC1.O=C(Cc1cncc(Cc2ccccc2Cl)n1)C1(c2ccc3c(c2)OCO3)CC1. The fourth-order valence-electron chi connectivity index (χ4n) is 11.7. The van der Waals surface area contributed by atoms with E-state index in [9.17, 15) is 14.4 Å². The minimum atomic E-state index is -0.443. The fourth-order valence-corrected chi connectivity index (χ4v) is 11.9. The summed E-state index contributed by atoms with van der Waals surface area (Å²) in [6.07, 6.45) is 18.1. The Hall–Kier alpha value is -9.54. The monoisotopic (exact) mass is 1180 g/mol. The van der Waals surface area contributed by atoms with Gasteiger partial charge in [0.05, 0.1) is 76.8 Å². The van der Waals surface area contributed by atoms with Gasteiger partial charge in [0.2, 0.25) is 20.4 Å². The highest BCUT2D eigenvalue weighted by Gasteiger charge is 2.53. The molecule has 6 aliphatic rings. The fraction of sp³-hybridized carbons (Fsp3) is 0.271. The van der Waals surface area contributed by atoms with Crippen LogP contribution in [-0.4, -0.2) is 74.7 Å². The topological polar surface area (TPSA) is 193 Å². The summed E-state index contributed by atoms with van der Waals surface area (Å²) in [5.41, 5.74) is 9.51. The van der Waals surface area contributed by atoms with Crippen LogP contribution < -0.4 is 33.2 Å². The first kappa shape index (κ1) is 56.6. The smallest absolute Gasteiger partial charge is 0.231 e. The van der Waals surface area contributed by atoms with Gasteiger partial charge >= 0.3 is 0 Å². The maximum absolute atomic E-state index is 13.2. The Morgan fingerprint density at radius 1 is 0.414 bits per heavy atom. The number of nitrogens with zero attached hydrogens (tertiary/aromatic N) is 6. The summed E-state index contributed by atoms with van der Waals surface area (Å²) in [6, 6.07) is 43.1. The van der Waals surface area contributed by atoms with Crippen LogP contribution in [0, 0.1) is 0 Å². The van der Waals surface area contributed by atoms with E-state index >= 15 is 0 Å². The Balaban J connectivity index is 0.000000121. The predicted molar refractivity (Wildman–Crippen MR) is 322 cm³/mol. The quantitative estimate of drug-likeness (QED) is 0.0741. The molecule has 0 atom stereocenters. The van der Waals surface area contributed by atoms with E-state index in [1.54, 1.807) is 44.3 Å². The van der Waals surface area contributed by atoms with Crippen molar-refractivity contribution in [3.63, 3.8) is 0 Å². The van der Waals surface area contributed by atoms with E-state index < -0.39 is 16.2 Å². The number of aromatic nitrogens is 6. The summed E-state index contributed by atoms with van der Waals surface area (Å²) in [4.78, 5) is 66.4. The lowest BCUT2D eigenvalue weighted by Gasteiger charge is -2.15. The number of hydrogen-bond donors (Lipinski definition) is 0. The second kappa shape index (κ2) is 24.4. The van der Waals surface area contributed by atoms with Gasteiger partial charge in [-0.25, -0.2) is 0 Å². The molecule has 6 heterocycles. The Morgan fingerprint density at radius 2 is 0.770 bits per heavy atom. The number of para-hydroxylation sites is 1. The average molecular weight is 1180 g/mol. The Labute approximate surface area is 508 Å². The van der Waals surface area contributed by atoms with Crippen LogP contribution >= 0.6 is 11.6 Å². The number of hydrogen-bond acceptors (Lipinski definition) is 16. The van der Waals surface area contributed by atoms with Gasteiger partial charge in [0.25, 0.3) is 0 Å². The number of carbonyl (C=O) groups is 3. The molecule has 3 saturated carbocycles. The van der Waals surface area contributed by atoms with E-state index in [4.69, 9.17) is 49.7 Å². The summed E-state index contributed by atoms with van der Waals surface area (Å²) < 4.78 is 38.0. The van der Waals surface area contributed by atoms with Crippen molar-refractivity contribution in [2.24, 2.45) is 0 Å². The van der Waals surface area contributed by atoms with Crippen molar-refractivity contribution in [2.75, 3.05) is 27.5 Å². The van der Waals surface area contributed by atoms with Crippen molar-refractivity contribution in [3.05, 3.63) is 243 Å². The summed E-state index contributed by atoms with van der Waals surface area (Å²) >= 11 is 6.25. The maximum Gasteiger partial charge on any atom is 0.231 e.